The van der Waals surface area contributed by atoms with E-state index in [1.54, 1.807) is 34.9 Å². The van der Waals surface area contributed by atoms with Gasteiger partial charge in [-0.3, -0.25) is 4.79 Å². The van der Waals surface area contributed by atoms with E-state index in [0.717, 1.165) is 24.5 Å². The van der Waals surface area contributed by atoms with Gasteiger partial charge in [0.1, 0.15) is 28.7 Å². The predicted molar refractivity (Wildman–Crippen MR) is 107 cm³/mol. The molecule has 0 radical (unpaired) electrons. The van der Waals surface area contributed by atoms with Crippen molar-refractivity contribution in [3.63, 3.8) is 0 Å². The Bertz CT molecular complexity index is 1210. The molecule has 1 fully saturated rings. The van der Waals surface area contributed by atoms with Crippen LogP contribution in [0.3, 0.4) is 0 Å². The molecular formula is C21H17FN4O4. The molecule has 0 amide bonds. The van der Waals surface area contributed by atoms with E-state index in [4.69, 9.17) is 4.74 Å². The molecule has 1 atom stereocenters. The zero-order valence-corrected chi connectivity index (χ0v) is 15.9. The number of nitrogens with zero attached hydrogens (tertiary/aromatic N) is 4. The second-order valence-electron chi connectivity index (χ2n) is 7.32. The molecule has 30 heavy (non-hydrogen) atoms. The summed E-state index contributed by atoms with van der Waals surface area (Å²) in [5.41, 5.74) is 0.160. The van der Waals surface area contributed by atoms with Gasteiger partial charge in [-0.25, -0.2) is 9.18 Å². The fraction of sp³-hybridized carbons (Fsp3) is 0.238. The van der Waals surface area contributed by atoms with Gasteiger partial charge < -0.3 is 19.3 Å². The lowest BCUT2D eigenvalue weighted by Gasteiger charge is -2.35. The Kier molecular flexibility index (Phi) is 4.05. The number of benzene rings is 1. The van der Waals surface area contributed by atoms with Gasteiger partial charge in [-0.1, -0.05) is 0 Å². The highest BCUT2D eigenvalue weighted by Gasteiger charge is 2.38. The van der Waals surface area contributed by atoms with Crippen LogP contribution in [0.25, 0.3) is 11.8 Å². The summed E-state index contributed by atoms with van der Waals surface area (Å²) in [6.45, 7) is 0. The maximum absolute atomic E-state index is 14.8. The van der Waals surface area contributed by atoms with Crippen LogP contribution in [0, 0.1) is 0 Å². The van der Waals surface area contributed by atoms with Crippen molar-refractivity contribution < 1.29 is 19.0 Å². The van der Waals surface area contributed by atoms with Crippen molar-refractivity contribution in [3.05, 3.63) is 69.4 Å². The first-order valence-electron chi connectivity index (χ1n) is 9.43. The van der Waals surface area contributed by atoms with Gasteiger partial charge in [0.05, 0.1) is 12.7 Å². The zero-order chi connectivity index (χ0) is 21.0. The Hall–Kier alpha value is -3.75. The number of carboxylic acid groups (broad SMARTS) is 1. The number of hydrogen-bond acceptors (Lipinski definition) is 6. The number of aromatic nitrogens is 1. The molecule has 3 heterocycles. The van der Waals surface area contributed by atoms with Gasteiger partial charge >= 0.3 is 5.97 Å². The van der Waals surface area contributed by atoms with Crippen LogP contribution in [0.15, 0.2) is 57.5 Å². The van der Waals surface area contributed by atoms with Crippen molar-refractivity contribution in [2.75, 3.05) is 12.0 Å². The third-order valence-electron chi connectivity index (χ3n) is 5.37. The van der Waals surface area contributed by atoms with Crippen LogP contribution in [-0.4, -0.2) is 28.9 Å². The Morgan fingerprint density at radius 3 is 2.63 bits per heavy atom. The van der Waals surface area contributed by atoms with Crippen LogP contribution in [0.1, 0.15) is 40.4 Å². The number of aromatic carboxylic acids is 1. The Balaban J connectivity index is 1.68. The smallest absolute Gasteiger partial charge is 0.341 e. The molecule has 3 aliphatic rings. The highest BCUT2D eigenvalue weighted by atomic mass is 19.1. The van der Waals surface area contributed by atoms with E-state index in [1.165, 1.54) is 6.20 Å². The van der Waals surface area contributed by atoms with E-state index in [2.05, 4.69) is 10.2 Å². The number of anilines is 1. The monoisotopic (exact) mass is 408 g/mol. The van der Waals surface area contributed by atoms with Gasteiger partial charge in [0, 0.05) is 24.0 Å². The molecule has 1 aliphatic carbocycles. The number of halogens is 1. The molecule has 1 aromatic carbocycles. The number of carbonyl (C=O) groups is 1. The largest absolute Gasteiger partial charge is 0.497 e. The second kappa shape index (κ2) is 6.65. The Morgan fingerprint density at radius 1 is 1.27 bits per heavy atom. The maximum atomic E-state index is 14.8. The minimum Gasteiger partial charge on any atom is -0.497 e. The SMILES string of the molecule is COc1ccc(C2=CN3c4c(c(=O)c(C(=O)O)cn4C4CC4)C=C(F)C3N=N2)cc1. The fourth-order valence-corrected chi connectivity index (χ4v) is 3.70. The lowest BCUT2D eigenvalue weighted by molar-refractivity contribution is 0.0694. The lowest BCUT2D eigenvalue weighted by atomic mass is 10.0. The van der Waals surface area contributed by atoms with Crippen molar-refractivity contribution in [2.24, 2.45) is 10.2 Å². The average Bonchev–Trinajstić information content (AvgIpc) is 3.59. The van der Waals surface area contributed by atoms with Crippen LogP contribution >= 0.6 is 0 Å². The summed E-state index contributed by atoms with van der Waals surface area (Å²) in [6.07, 6.45) is 4.76. The quantitative estimate of drug-likeness (QED) is 0.830. The van der Waals surface area contributed by atoms with Crippen LogP contribution in [0.4, 0.5) is 10.2 Å². The summed E-state index contributed by atoms with van der Waals surface area (Å²) in [5.74, 6) is -0.881. The van der Waals surface area contributed by atoms with Gasteiger partial charge in [0.15, 0.2) is 6.17 Å². The molecule has 0 bridgehead atoms. The fourth-order valence-electron chi connectivity index (χ4n) is 3.70. The molecule has 9 heteroatoms. The first-order valence-corrected chi connectivity index (χ1v) is 9.43. The highest BCUT2D eigenvalue weighted by Crippen LogP contribution is 2.43. The van der Waals surface area contributed by atoms with E-state index in [0.29, 0.717) is 17.3 Å². The predicted octanol–water partition coefficient (Wildman–Crippen LogP) is 3.81. The molecule has 2 aliphatic heterocycles. The van der Waals surface area contributed by atoms with Crippen molar-refractivity contribution >= 4 is 23.6 Å². The first-order chi connectivity index (χ1) is 14.5. The molecular weight excluding hydrogens is 391 g/mol. The highest BCUT2D eigenvalue weighted by molar-refractivity contribution is 5.90. The lowest BCUT2D eigenvalue weighted by Crippen LogP contribution is -2.39. The molecule has 8 nitrogen and oxygen atoms in total. The van der Waals surface area contributed by atoms with Crippen LogP contribution in [-0.2, 0) is 0 Å². The Labute approximate surface area is 170 Å². The van der Waals surface area contributed by atoms with Crippen LogP contribution in [0.5, 0.6) is 5.75 Å². The molecule has 1 saturated carbocycles. The van der Waals surface area contributed by atoms with E-state index < -0.39 is 23.4 Å². The number of ether oxygens (including phenoxy) is 1. The van der Waals surface area contributed by atoms with Gasteiger partial charge in [-0.05, 0) is 43.2 Å². The Morgan fingerprint density at radius 2 is 2.00 bits per heavy atom. The third-order valence-corrected chi connectivity index (χ3v) is 5.37. The van der Waals surface area contributed by atoms with E-state index >= 15 is 0 Å². The molecule has 1 N–H and O–H groups in total. The maximum Gasteiger partial charge on any atom is 0.341 e. The van der Waals surface area contributed by atoms with Crippen molar-refractivity contribution in [3.8, 4) is 5.75 Å². The van der Waals surface area contributed by atoms with Crippen molar-refractivity contribution in [1.29, 1.82) is 0 Å². The molecule has 2 aromatic rings. The average molecular weight is 408 g/mol. The minimum absolute atomic E-state index is 0.0120. The molecule has 0 saturated heterocycles. The molecule has 1 unspecified atom stereocenters. The van der Waals surface area contributed by atoms with Crippen molar-refractivity contribution in [1.82, 2.24) is 4.57 Å². The summed E-state index contributed by atoms with van der Waals surface area (Å²) in [4.78, 5) is 25.9. The number of pyridine rings is 1. The molecule has 1 aromatic heterocycles. The van der Waals surface area contributed by atoms with Gasteiger partial charge in [0.2, 0.25) is 5.43 Å². The van der Waals surface area contributed by atoms with E-state index in [-0.39, 0.29) is 17.2 Å². The van der Waals surface area contributed by atoms with Crippen LogP contribution in [0.2, 0.25) is 0 Å². The third kappa shape index (κ3) is 2.81. The summed E-state index contributed by atoms with van der Waals surface area (Å²) in [6, 6.07) is 7.23. The normalized spacial score (nSPS) is 19.5. The summed E-state index contributed by atoms with van der Waals surface area (Å²) in [5, 5.41) is 17.7. The van der Waals surface area contributed by atoms with Gasteiger partial charge in [-0.15, -0.1) is 0 Å². The molecule has 0 spiro atoms. The number of azo groups is 1. The number of carboxylic acids is 1. The summed E-state index contributed by atoms with van der Waals surface area (Å²) >= 11 is 0. The number of methoxy groups -OCH3 is 1. The van der Waals surface area contributed by atoms with E-state index in [1.807, 2.05) is 12.1 Å². The number of hydrogen-bond donors (Lipinski definition) is 1. The summed E-state index contributed by atoms with van der Waals surface area (Å²) in [7, 11) is 1.57. The first kappa shape index (κ1) is 18.3. The summed E-state index contributed by atoms with van der Waals surface area (Å²) < 4.78 is 21.7. The van der Waals surface area contributed by atoms with Crippen LogP contribution < -0.4 is 15.1 Å². The van der Waals surface area contributed by atoms with Gasteiger partial charge in [0.25, 0.3) is 0 Å². The van der Waals surface area contributed by atoms with Gasteiger partial charge in [-0.2, -0.15) is 10.2 Å². The molecule has 152 valence electrons. The number of rotatable bonds is 4. The topological polar surface area (TPSA) is 96.5 Å². The van der Waals surface area contributed by atoms with E-state index in [9.17, 15) is 19.1 Å². The molecule has 5 rings (SSSR count). The standard InChI is InChI=1S/C21H17FN4O4/c1-30-13-6-2-11(3-7-13)17-10-26-19(24-23-17)16(22)8-14-18(27)15(21(28)29)9-25(20(14)26)12-4-5-12/h2-3,6-10,12,19H,4-5H2,1H3,(H,28,29). The minimum atomic E-state index is -1.33. The zero-order valence-electron chi connectivity index (χ0n) is 15.9. The number of fused-ring (bicyclic) bond motifs is 3. The van der Waals surface area contributed by atoms with Crippen molar-refractivity contribution in [2.45, 2.75) is 25.0 Å². The second-order valence-corrected chi connectivity index (χ2v) is 7.32.